The molecule has 2 N–H and O–H groups in total. The van der Waals surface area contributed by atoms with Crippen LogP contribution in [0.25, 0.3) is 0 Å². The normalized spacial score (nSPS) is 16.0. The number of rotatable bonds is 5. The smallest absolute Gasteiger partial charge is 0.240 e. The van der Waals surface area contributed by atoms with Crippen molar-refractivity contribution in [2.75, 3.05) is 26.2 Å². The van der Waals surface area contributed by atoms with Crippen molar-refractivity contribution >= 4 is 24.8 Å². The zero-order valence-corrected chi connectivity index (χ0v) is 15.3. The molecule has 0 atom stereocenters. The van der Waals surface area contributed by atoms with Crippen LogP contribution in [-0.2, 0) is 19.6 Å². The zero-order chi connectivity index (χ0) is 15.2. The number of nitrogens with zero attached hydrogens (tertiary/aromatic N) is 4. The second-order valence-electron chi connectivity index (χ2n) is 5.70. The van der Waals surface area contributed by atoms with Crippen molar-refractivity contribution < 1.29 is 4.52 Å². The highest BCUT2D eigenvalue weighted by atomic mass is 35.5. The van der Waals surface area contributed by atoms with E-state index in [4.69, 9.17) is 10.3 Å². The van der Waals surface area contributed by atoms with Crippen molar-refractivity contribution in [3.63, 3.8) is 0 Å². The third kappa shape index (κ3) is 6.03. The van der Waals surface area contributed by atoms with Crippen LogP contribution in [0.2, 0.25) is 0 Å². The molecule has 0 amide bonds. The Labute approximate surface area is 155 Å². The maximum atomic E-state index is 5.50. The Hall–Kier alpha value is -1.18. The molecule has 1 aliphatic heterocycles. The van der Waals surface area contributed by atoms with Crippen molar-refractivity contribution in [1.29, 1.82) is 0 Å². The van der Waals surface area contributed by atoms with Gasteiger partial charge in [0.2, 0.25) is 5.89 Å². The van der Waals surface area contributed by atoms with Gasteiger partial charge in [0.15, 0.2) is 5.82 Å². The highest BCUT2D eigenvalue weighted by Crippen LogP contribution is 2.10. The molecule has 3 rings (SSSR count). The second kappa shape index (κ2) is 10.6. The van der Waals surface area contributed by atoms with Crippen LogP contribution in [-0.4, -0.2) is 46.1 Å². The number of benzene rings is 1. The average molecular weight is 374 g/mol. The van der Waals surface area contributed by atoms with Crippen LogP contribution >= 0.6 is 24.8 Å². The quantitative estimate of drug-likeness (QED) is 0.864. The number of hydrogen-bond donors (Lipinski definition) is 1. The van der Waals surface area contributed by atoms with Gasteiger partial charge in [-0.3, -0.25) is 9.80 Å². The van der Waals surface area contributed by atoms with E-state index in [0.717, 1.165) is 51.5 Å². The maximum absolute atomic E-state index is 5.50. The summed E-state index contributed by atoms with van der Waals surface area (Å²) < 4.78 is 5.06. The molecule has 1 aliphatic rings. The number of aromatic nitrogens is 2. The molecule has 24 heavy (non-hydrogen) atoms. The van der Waals surface area contributed by atoms with Gasteiger partial charge in [-0.2, -0.15) is 4.98 Å². The van der Waals surface area contributed by atoms with E-state index in [0.29, 0.717) is 12.4 Å². The van der Waals surface area contributed by atoms with Gasteiger partial charge in [0, 0.05) is 19.6 Å². The molecule has 2 heterocycles. The number of nitrogens with two attached hydrogens (primary N) is 1. The van der Waals surface area contributed by atoms with Crippen LogP contribution in [0, 0.1) is 0 Å². The summed E-state index contributed by atoms with van der Waals surface area (Å²) >= 11 is 0. The highest BCUT2D eigenvalue weighted by Gasteiger charge is 2.17. The van der Waals surface area contributed by atoms with E-state index in [1.54, 1.807) is 0 Å². The van der Waals surface area contributed by atoms with E-state index in [2.05, 4.69) is 50.3 Å². The lowest BCUT2D eigenvalue weighted by molar-refractivity contribution is 0.241. The lowest BCUT2D eigenvalue weighted by Gasteiger charge is -2.21. The Morgan fingerprint density at radius 1 is 0.958 bits per heavy atom. The van der Waals surface area contributed by atoms with Gasteiger partial charge in [-0.05, 0) is 25.1 Å². The molecule has 6 nitrogen and oxygen atoms in total. The van der Waals surface area contributed by atoms with Crippen LogP contribution in [0.4, 0.5) is 0 Å². The van der Waals surface area contributed by atoms with Crippen LogP contribution in [0.5, 0.6) is 0 Å². The Morgan fingerprint density at radius 3 is 2.25 bits per heavy atom. The van der Waals surface area contributed by atoms with E-state index < -0.39 is 0 Å². The highest BCUT2D eigenvalue weighted by molar-refractivity contribution is 5.85. The lowest BCUT2D eigenvalue weighted by atomic mass is 10.2. The van der Waals surface area contributed by atoms with Crippen molar-refractivity contribution in [3.8, 4) is 0 Å². The first kappa shape index (κ1) is 20.9. The molecular weight excluding hydrogens is 349 g/mol. The summed E-state index contributed by atoms with van der Waals surface area (Å²) in [7, 11) is 0. The van der Waals surface area contributed by atoms with E-state index in [-0.39, 0.29) is 24.8 Å². The molecule has 134 valence electrons. The summed E-state index contributed by atoms with van der Waals surface area (Å²) in [6, 6.07) is 10.6. The van der Waals surface area contributed by atoms with Gasteiger partial charge >= 0.3 is 0 Å². The summed E-state index contributed by atoms with van der Waals surface area (Å²) in [5.74, 6) is 1.24. The molecule has 1 aromatic heterocycles. The molecule has 0 bridgehead atoms. The predicted molar refractivity (Wildman–Crippen MR) is 98.3 cm³/mol. The van der Waals surface area contributed by atoms with Crippen molar-refractivity contribution in [1.82, 2.24) is 19.9 Å². The number of hydrogen-bond acceptors (Lipinski definition) is 6. The van der Waals surface area contributed by atoms with Gasteiger partial charge in [-0.15, -0.1) is 24.8 Å². The van der Waals surface area contributed by atoms with Gasteiger partial charge in [0.05, 0.1) is 13.1 Å². The second-order valence-corrected chi connectivity index (χ2v) is 5.70. The molecule has 0 radical (unpaired) electrons. The van der Waals surface area contributed by atoms with E-state index in [1.807, 2.05) is 0 Å². The molecule has 1 aromatic carbocycles. The summed E-state index contributed by atoms with van der Waals surface area (Å²) in [5.41, 5.74) is 6.87. The average Bonchev–Trinajstić information content (AvgIpc) is 2.89. The maximum Gasteiger partial charge on any atom is 0.240 e. The van der Waals surface area contributed by atoms with E-state index in [9.17, 15) is 0 Å². The molecule has 0 unspecified atom stereocenters. The third-order valence-corrected chi connectivity index (χ3v) is 3.98. The first-order valence-corrected chi connectivity index (χ1v) is 7.83. The fraction of sp³-hybridized carbons (Fsp3) is 0.500. The molecule has 1 saturated heterocycles. The van der Waals surface area contributed by atoms with E-state index in [1.165, 1.54) is 5.56 Å². The minimum atomic E-state index is 0. The third-order valence-electron chi connectivity index (χ3n) is 3.98. The first-order valence-electron chi connectivity index (χ1n) is 7.83. The van der Waals surface area contributed by atoms with Crippen LogP contribution < -0.4 is 5.73 Å². The number of halogens is 2. The Morgan fingerprint density at radius 2 is 1.62 bits per heavy atom. The Balaban J connectivity index is 0.00000144. The minimum absolute atomic E-state index is 0. The molecule has 0 aliphatic carbocycles. The summed E-state index contributed by atoms with van der Waals surface area (Å²) in [4.78, 5) is 9.18. The molecule has 1 fully saturated rings. The Bertz CT molecular complexity index is 581. The van der Waals surface area contributed by atoms with Gasteiger partial charge < -0.3 is 10.3 Å². The molecule has 8 heteroatoms. The molecule has 2 aromatic rings. The van der Waals surface area contributed by atoms with Gasteiger partial charge in [0.25, 0.3) is 0 Å². The van der Waals surface area contributed by atoms with Crippen LogP contribution in [0.3, 0.4) is 0 Å². The van der Waals surface area contributed by atoms with Crippen LogP contribution in [0.1, 0.15) is 23.7 Å². The predicted octanol–water partition coefficient (Wildman–Crippen LogP) is 2.08. The molecule has 0 spiro atoms. The molecule has 0 saturated carbocycles. The fourth-order valence-corrected chi connectivity index (χ4v) is 2.82. The zero-order valence-electron chi connectivity index (χ0n) is 13.6. The molecular formula is C16H25Cl2N5O. The summed E-state index contributed by atoms with van der Waals surface area (Å²) in [6.45, 7) is 6.36. The first-order chi connectivity index (χ1) is 10.8. The van der Waals surface area contributed by atoms with Gasteiger partial charge in [0.1, 0.15) is 0 Å². The van der Waals surface area contributed by atoms with Gasteiger partial charge in [-0.25, -0.2) is 0 Å². The standard InChI is InChI=1S/C16H23N5O.2ClH/c17-11-16-18-15(19-22-16)13-21-8-4-7-20(9-10-21)12-14-5-2-1-3-6-14;;/h1-3,5-6H,4,7-13,17H2;2*1H. The Kier molecular flexibility index (Phi) is 9.25. The SMILES string of the molecule is Cl.Cl.NCc1nc(CN2CCCN(Cc3ccccc3)CC2)no1. The van der Waals surface area contributed by atoms with Crippen molar-refractivity contribution in [2.24, 2.45) is 5.73 Å². The summed E-state index contributed by atoms with van der Waals surface area (Å²) in [5, 5.41) is 3.98. The fourth-order valence-electron chi connectivity index (χ4n) is 2.82. The van der Waals surface area contributed by atoms with Crippen molar-refractivity contribution in [2.45, 2.75) is 26.1 Å². The minimum Gasteiger partial charge on any atom is -0.338 e. The van der Waals surface area contributed by atoms with Crippen molar-refractivity contribution in [3.05, 3.63) is 47.6 Å². The topological polar surface area (TPSA) is 71.4 Å². The van der Waals surface area contributed by atoms with E-state index >= 15 is 0 Å². The monoisotopic (exact) mass is 373 g/mol. The lowest BCUT2D eigenvalue weighted by Crippen LogP contribution is -2.30. The van der Waals surface area contributed by atoms with Gasteiger partial charge in [-0.1, -0.05) is 35.5 Å². The largest absolute Gasteiger partial charge is 0.338 e. The summed E-state index contributed by atoms with van der Waals surface area (Å²) in [6.07, 6.45) is 1.16. The van der Waals surface area contributed by atoms with Crippen LogP contribution in [0.15, 0.2) is 34.9 Å².